The van der Waals surface area contributed by atoms with E-state index in [2.05, 4.69) is 33.4 Å². The molecule has 0 saturated carbocycles. The number of phosphoric acid groups is 1. The highest BCUT2D eigenvalue weighted by Gasteiger charge is 2.28. The van der Waals surface area contributed by atoms with E-state index in [1.807, 2.05) is 6.92 Å². The zero-order valence-electron chi connectivity index (χ0n) is 24.4. The third-order valence-corrected chi connectivity index (χ3v) is 7.01. The molecule has 0 aromatic rings. The summed E-state index contributed by atoms with van der Waals surface area (Å²) in [4.78, 5) is 44.9. The zero-order chi connectivity index (χ0) is 30.1. The first kappa shape index (κ1) is 38.2. The molecule has 0 aliphatic rings. The summed E-state index contributed by atoms with van der Waals surface area (Å²) >= 11 is 0. The van der Waals surface area contributed by atoms with Crippen LogP contribution in [-0.4, -0.2) is 64.9 Å². The average molecular weight is 594 g/mol. The molecule has 11 nitrogen and oxygen atoms in total. The van der Waals surface area contributed by atoms with Crippen molar-refractivity contribution in [2.24, 2.45) is 0 Å². The van der Waals surface area contributed by atoms with E-state index in [0.717, 1.165) is 51.4 Å². The zero-order valence-corrected chi connectivity index (χ0v) is 25.3. The average Bonchev–Trinajstić information content (AvgIpc) is 2.91. The van der Waals surface area contributed by atoms with Gasteiger partial charge < -0.3 is 25.2 Å². The number of ether oxygens (including phenoxy) is 1. The lowest BCUT2D eigenvalue weighted by molar-refractivity contribution is -0.147. The molecule has 234 valence electrons. The fraction of sp³-hybridized carbons (Fsp3) is 0.821. The SMILES string of the molecule is CCCCCC/C=C\CCCCCCCC(=O)NC(COP(=O)(O)OCC(O)COC(=O)CCCCC)C(=O)O. The van der Waals surface area contributed by atoms with Gasteiger partial charge in [0.05, 0.1) is 13.2 Å². The highest BCUT2D eigenvalue weighted by molar-refractivity contribution is 7.47. The van der Waals surface area contributed by atoms with Crippen molar-refractivity contribution in [3.05, 3.63) is 12.2 Å². The number of esters is 1. The van der Waals surface area contributed by atoms with Crippen LogP contribution in [0, 0.1) is 0 Å². The van der Waals surface area contributed by atoms with Crippen molar-refractivity contribution >= 4 is 25.7 Å². The Balaban J connectivity index is 4.08. The molecule has 0 fully saturated rings. The van der Waals surface area contributed by atoms with Gasteiger partial charge in [0.1, 0.15) is 12.7 Å². The highest BCUT2D eigenvalue weighted by atomic mass is 31.2. The molecule has 0 saturated heterocycles. The summed E-state index contributed by atoms with van der Waals surface area (Å²) in [6, 6.07) is -1.54. The molecule has 4 N–H and O–H groups in total. The normalized spacial score (nSPS) is 14.5. The fourth-order valence-electron chi connectivity index (χ4n) is 3.66. The number of carbonyl (C=O) groups is 3. The predicted octanol–water partition coefficient (Wildman–Crippen LogP) is 5.43. The van der Waals surface area contributed by atoms with Crippen molar-refractivity contribution in [2.75, 3.05) is 19.8 Å². The van der Waals surface area contributed by atoms with Crippen LogP contribution in [-0.2, 0) is 32.7 Å². The van der Waals surface area contributed by atoms with Crippen LogP contribution in [0.5, 0.6) is 0 Å². The molecule has 0 radical (unpaired) electrons. The predicted molar refractivity (Wildman–Crippen MR) is 153 cm³/mol. The third kappa shape index (κ3) is 24.1. The Morgan fingerprint density at radius 3 is 1.93 bits per heavy atom. The van der Waals surface area contributed by atoms with Crippen LogP contribution in [0.2, 0.25) is 0 Å². The van der Waals surface area contributed by atoms with Gasteiger partial charge in [-0.1, -0.05) is 77.4 Å². The number of amides is 1. The Hall–Kier alpha value is -1.78. The van der Waals surface area contributed by atoms with E-state index >= 15 is 0 Å². The summed E-state index contributed by atoms with van der Waals surface area (Å²) in [5, 5.41) is 21.4. The molecular weight excluding hydrogens is 541 g/mol. The maximum absolute atomic E-state index is 12.1. The summed E-state index contributed by atoms with van der Waals surface area (Å²) in [6.07, 6.45) is 17.8. The lowest BCUT2D eigenvalue weighted by Gasteiger charge is -2.18. The second kappa shape index (κ2) is 25.0. The summed E-state index contributed by atoms with van der Waals surface area (Å²) < 4.78 is 26.2. The van der Waals surface area contributed by atoms with Gasteiger partial charge in [0, 0.05) is 12.8 Å². The van der Waals surface area contributed by atoms with Crippen LogP contribution < -0.4 is 5.32 Å². The molecule has 0 spiro atoms. The highest BCUT2D eigenvalue weighted by Crippen LogP contribution is 2.43. The topological polar surface area (TPSA) is 169 Å². The molecule has 0 aromatic heterocycles. The van der Waals surface area contributed by atoms with Gasteiger partial charge in [-0.15, -0.1) is 0 Å². The molecule has 0 aliphatic carbocycles. The van der Waals surface area contributed by atoms with E-state index in [0.29, 0.717) is 12.8 Å². The second-order valence-corrected chi connectivity index (χ2v) is 11.4. The Morgan fingerprint density at radius 2 is 1.30 bits per heavy atom. The van der Waals surface area contributed by atoms with E-state index in [9.17, 15) is 34.1 Å². The number of aliphatic hydroxyl groups is 1. The molecule has 12 heteroatoms. The van der Waals surface area contributed by atoms with Crippen molar-refractivity contribution in [1.82, 2.24) is 5.32 Å². The van der Waals surface area contributed by atoms with Crippen molar-refractivity contribution < 1.29 is 47.8 Å². The molecule has 40 heavy (non-hydrogen) atoms. The number of carbonyl (C=O) groups excluding carboxylic acids is 2. The number of phosphoric ester groups is 1. The summed E-state index contributed by atoms with van der Waals surface area (Å²) in [5.74, 6) is -2.42. The number of carboxylic acids is 1. The molecule has 0 bridgehead atoms. The first-order chi connectivity index (χ1) is 19.1. The van der Waals surface area contributed by atoms with Crippen LogP contribution in [0.15, 0.2) is 12.2 Å². The van der Waals surface area contributed by atoms with Gasteiger partial charge in [0.25, 0.3) is 0 Å². The number of allylic oxidation sites excluding steroid dienone is 2. The van der Waals surface area contributed by atoms with Crippen LogP contribution in [0.3, 0.4) is 0 Å². The van der Waals surface area contributed by atoms with Crippen LogP contribution >= 0.6 is 7.82 Å². The number of carboxylic acid groups (broad SMARTS) is 1. The molecule has 3 unspecified atom stereocenters. The van der Waals surface area contributed by atoms with Crippen molar-refractivity contribution in [3.8, 4) is 0 Å². The van der Waals surface area contributed by atoms with Gasteiger partial charge in [-0.2, -0.15) is 0 Å². The molecule has 0 rings (SSSR count). The Morgan fingerprint density at radius 1 is 0.775 bits per heavy atom. The van der Waals surface area contributed by atoms with E-state index < -0.39 is 57.6 Å². The first-order valence-electron chi connectivity index (χ1n) is 14.7. The van der Waals surface area contributed by atoms with Crippen LogP contribution in [0.1, 0.15) is 117 Å². The van der Waals surface area contributed by atoms with Gasteiger partial charge in [-0.05, 0) is 38.5 Å². The van der Waals surface area contributed by atoms with Crippen LogP contribution in [0.4, 0.5) is 0 Å². The van der Waals surface area contributed by atoms with Crippen molar-refractivity contribution in [2.45, 2.75) is 129 Å². The van der Waals surface area contributed by atoms with Gasteiger partial charge >= 0.3 is 19.8 Å². The smallest absolute Gasteiger partial charge is 0.472 e. The number of hydrogen-bond donors (Lipinski definition) is 4. The minimum atomic E-state index is -4.72. The summed E-state index contributed by atoms with van der Waals surface area (Å²) in [7, 11) is -4.72. The van der Waals surface area contributed by atoms with E-state index in [1.54, 1.807) is 0 Å². The van der Waals surface area contributed by atoms with Crippen molar-refractivity contribution in [1.29, 1.82) is 0 Å². The maximum Gasteiger partial charge on any atom is 0.472 e. The molecule has 3 atom stereocenters. The monoisotopic (exact) mass is 593 g/mol. The first-order valence-corrected chi connectivity index (χ1v) is 16.2. The minimum absolute atomic E-state index is 0.137. The lowest BCUT2D eigenvalue weighted by atomic mass is 10.1. The van der Waals surface area contributed by atoms with E-state index in [-0.39, 0.29) is 12.8 Å². The molecule has 1 amide bonds. The summed E-state index contributed by atoms with van der Waals surface area (Å²) in [5.41, 5.74) is 0. The second-order valence-electron chi connectivity index (χ2n) is 9.94. The molecule has 0 aromatic carbocycles. The number of unbranched alkanes of at least 4 members (excludes halogenated alkanes) is 11. The summed E-state index contributed by atoms with van der Waals surface area (Å²) in [6.45, 7) is 2.30. The van der Waals surface area contributed by atoms with Gasteiger partial charge in [0.15, 0.2) is 6.04 Å². The largest absolute Gasteiger partial charge is 0.480 e. The number of aliphatic carboxylic acids is 1. The molecule has 0 aliphatic heterocycles. The van der Waals surface area contributed by atoms with Crippen LogP contribution in [0.25, 0.3) is 0 Å². The van der Waals surface area contributed by atoms with Gasteiger partial charge in [-0.25, -0.2) is 9.36 Å². The number of rotatable bonds is 27. The Bertz CT molecular complexity index is 761. The maximum atomic E-state index is 12.1. The number of aliphatic hydroxyl groups excluding tert-OH is 1. The van der Waals surface area contributed by atoms with E-state index in [4.69, 9.17) is 4.74 Å². The standard InChI is InChI=1S/C28H52NO10P/c1-3-5-7-8-9-10-11-12-13-14-15-16-18-19-26(31)29-25(28(33)34)23-39-40(35,36)38-22-24(30)21-37-27(32)20-17-6-4-2/h10-11,24-25,30H,3-9,12-23H2,1-2H3,(H,29,31)(H,33,34)(H,35,36)/b11-10-. The Kier molecular flexibility index (Phi) is 23.9. The molecule has 0 heterocycles. The number of nitrogens with one attached hydrogen (secondary N) is 1. The lowest BCUT2D eigenvalue weighted by Crippen LogP contribution is -2.43. The minimum Gasteiger partial charge on any atom is -0.480 e. The Labute approximate surface area is 239 Å². The third-order valence-electron chi connectivity index (χ3n) is 6.05. The van der Waals surface area contributed by atoms with Gasteiger partial charge in [0.2, 0.25) is 5.91 Å². The molecular formula is C28H52NO10P. The quantitative estimate of drug-likeness (QED) is 0.0417. The fourth-order valence-corrected chi connectivity index (χ4v) is 4.43. The van der Waals surface area contributed by atoms with Crippen molar-refractivity contribution in [3.63, 3.8) is 0 Å². The van der Waals surface area contributed by atoms with E-state index in [1.165, 1.54) is 25.7 Å². The van der Waals surface area contributed by atoms with Gasteiger partial charge in [-0.3, -0.25) is 18.6 Å². The number of hydrogen-bond acceptors (Lipinski definition) is 8.